The molecule has 0 atom stereocenters. The summed E-state index contributed by atoms with van der Waals surface area (Å²) in [7, 11) is 0. The van der Waals surface area contributed by atoms with Crippen molar-refractivity contribution in [3.63, 3.8) is 0 Å². The molecule has 0 unspecified atom stereocenters. The predicted octanol–water partition coefficient (Wildman–Crippen LogP) is 17.1. The summed E-state index contributed by atoms with van der Waals surface area (Å²) in [5, 5.41) is 12.6. The van der Waals surface area contributed by atoms with Gasteiger partial charge in [0.25, 0.3) is 0 Å². The topological polar surface area (TPSA) is 50.9 Å². The summed E-state index contributed by atoms with van der Waals surface area (Å²) in [6.45, 7) is 16.5. The molecule has 346 valence electrons. The third kappa shape index (κ3) is 9.41. The summed E-state index contributed by atoms with van der Waals surface area (Å²) < 4.78 is 117. The fraction of sp³-hybridized carbons (Fsp3) is 0.238. The van der Waals surface area contributed by atoms with Gasteiger partial charge in [-0.3, -0.25) is 9.55 Å². The zero-order valence-corrected chi connectivity index (χ0v) is 42.3. The van der Waals surface area contributed by atoms with Crippen LogP contribution in [0.1, 0.15) is 127 Å². The Labute approximate surface area is 436 Å². The van der Waals surface area contributed by atoms with Gasteiger partial charge in [0.2, 0.25) is 0 Å². The van der Waals surface area contributed by atoms with Crippen molar-refractivity contribution in [3.8, 4) is 78.6 Å². The van der Waals surface area contributed by atoms with Crippen molar-refractivity contribution in [2.45, 2.75) is 98.7 Å². The maximum atomic E-state index is 12.6. The van der Waals surface area contributed by atoms with Crippen molar-refractivity contribution >= 4 is 11.0 Å². The van der Waals surface area contributed by atoms with E-state index in [1.807, 2.05) is 110 Å². The van der Waals surface area contributed by atoms with Gasteiger partial charge in [0.15, 0.2) is 0 Å². The summed E-state index contributed by atoms with van der Waals surface area (Å²) in [6.07, 6.45) is -0.587. The molecule has 9 rings (SSSR count). The summed E-state index contributed by atoms with van der Waals surface area (Å²) in [6, 6.07) is 32.7. The van der Waals surface area contributed by atoms with Crippen molar-refractivity contribution in [1.29, 1.82) is 0 Å². The number of nitrogens with zero attached hydrogens (tertiary/aromatic N) is 3. The number of para-hydroxylation sites is 1. The second-order valence-corrected chi connectivity index (χ2v) is 19.6. The van der Waals surface area contributed by atoms with Crippen molar-refractivity contribution < 1.29 is 44.0 Å². The number of imidazole rings is 1. The van der Waals surface area contributed by atoms with Gasteiger partial charge in [0, 0.05) is 45.3 Å². The van der Waals surface area contributed by atoms with E-state index in [1.54, 1.807) is 52.0 Å². The van der Waals surface area contributed by atoms with Crippen molar-refractivity contribution in [3.05, 3.63) is 192 Å². The second-order valence-electron chi connectivity index (χ2n) is 19.6. The Kier molecular flexibility index (Phi) is 9.49. The molecule has 5 heteroatoms. The number of pyridine rings is 1. The molecule has 0 bridgehead atoms. The molecule has 0 saturated carbocycles. The quantitative estimate of drug-likeness (QED) is 0.147. The minimum Gasteiger partial charge on any atom is -0.507 e. The second kappa shape index (κ2) is 19.0. The predicted molar refractivity (Wildman–Crippen MR) is 282 cm³/mol. The number of phenols is 1. The number of phenolic OH excluding ortho intramolecular Hbond substituents is 1. The maximum absolute atomic E-state index is 12.6. The molecule has 9 aromatic rings. The van der Waals surface area contributed by atoms with E-state index in [9.17, 15) is 9.22 Å². The normalized spacial score (nSPS) is 15.2. The summed E-state index contributed by atoms with van der Waals surface area (Å²) in [4.78, 5) is 9.92. The molecule has 0 aliphatic rings. The summed E-state index contributed by atoms with van der Waals surface area (Å²) >= 11 is 0. The molecule has 0 fully saturated rings. The van der Waals surface area contributed by atoms with Crippen molar-refractivity contribution in [2.24, 2.45) is 0 Å². The van der Waals surface area contributed by atoms with Crippen LogP contribution in [-0.2, 0) is 31.9 Å². The molecule has 0 saturated heterocycles. The van der Waals surface area contributed by atoms with Gasteiger partial charge in [-0.1, -0.05) is 189 Å². The van der Waals surface area contributed by atoms with Gasteiger partial charge in [-0.25, -0.2) is 4.98 Å². The van der Waals surface area contributed by atoms with Crippen LogP contribution in [0.25, 0.3) is 83.9 Å². The van der Waals surface area contributed by atoms with Gasteiger partial charge < -0.3 is 5.11 Å². The Morgan fingerprint density at radius 3 is 2.00 bits per heavy atom. The van der Waals surface area contributed by atoms with Gasteiger partial charge >= 0.3 is 0 Å². The molecule has 1 N–H and O–H groups in total. The minimum absolute atomic E-state index is 0. The molecule has 0 aliphatic carbocycles. The number of rotatable bonds is 9. The third-order valence-corrected chi connectivity index (χ3v) is 12.3. The third-order valence-electron chi connectivity index (χ3n) is 12.3. The number of aromatic hydroxyl groups is 1. The van der Waals surface area contributed by atoms with E-state index in [2.05, 4.69) is 31.8 Å². The molecule has 2 aromatic heterocycles. The van der Waals surface area contributed by atoms with Crippen LogP contribution in [0.2, 0.25) is 0 Å². The molecule has 0 amide bonds. The molecule has 7 aromatic carbocycles. The van der Waals surface area contributed by atoms with E-state index in [0.717, 1.165) is 11.1 Å². The molecule has 2 heterocycles. The Balaban J connectivity index is 0.00000860. The fourth-order valence-corrected chi connectivity index (χ4v) is 8.45. The average Bonchev–Trinajstić information content (AvgIpc) is 3.77. The Morgan fingerprint density at radius 1 is 0.647 bits per heavy atom. The molecular formula is C63H62N3OPt-. The van der Waals surface area contributed by atoms with Crippen LogP contribution in [0.3, 0.4) is 0 Å². The fourth-order valence-electron chi connectivity index (χ4n) is 8.45. The number of aryl methyl sites for hydroxylation is 1. The summed E-state index contributed by atoms with van der Waals surface area (Å²) in [5.41, 5.74) is 6.17. The van der Waals surface area contributed by atoms with E-state index < -0.39 is 78.1 Å². The van der Waals surface area contributed by atoms with E-state index in [0.29, 0.717) is 55.7 Å². The first kappa shape index (κ1) is 34.0. The van der Waals surface area contributed by atoms with Gasteiger partial charge in [-0.15, -0.1) is 29.3 Å². The van der Waals surface area contributed by atoms with Gasteiger partial charge in [0.1, 0.15) is 11.6 Å². The minimum atomic E-state index is -2.58. The number of benzene rings is 7. The van der Waals surface area contributed by atoms with Crippen LogP contribution in [0.4, 0.5) is 0 Å². The number of hydrogen-bond acceptors (Lipinski definition) is 3. The number of aromatic nitrogens is 3. The van der Waals surface area contributed by atoms with Crippen LogP contribution in [0.5, 0.6) is 5.75 Å². The number of hydrogen-bond donors (Lipinski definition) is 1. The van der Waals surface area contributed by atoms with Gasteiger partial charge in [-0.2, -0.15) is 0 Å². The molecule has 0 radical (unpaired) electrons. The Morgan fingerprint density at radius 2 is 1.34 bits per heavy atom. The Bertz CT molecular complexity index is 3930. The smallest absolute Gasteiger partial charge is 0.148 e. The van der Waals surface area contributed by atoms with Crippen LogP contribution in [-0.4, -0.2) is 19.6 Å². The van der Waals surface area contributed by atoms with E-state index in [-0.39, 0.29) is 71.6 Å². The zero-order chi connectivity index (χ0) is 58.7. The standard InChI is InChI=1S/C63H62N3O.Pt/c1-39(2)46-35-52(40(3)4)60(67)55(36-46)61-65-59-51(47-32-48(34-50(33-47)63(9,10)11)56-37-45(29-30-64-56)42-19-14-12-15-20-42)23-18-24-57(59)66(61)58-38-53(43-21-16-13-17-22-43)41(5)31-54(58)44-25-27-49(28-26-44)62(6,7)8;/h12-31,33-40,67H,1-11H3;/q-1;/i5D3,12D,14D,15D,19D,20D,29D,30D,37D,39D,40D;. The molecule has 4 nitrogen and oxygen atoms in total. The van der Waals surface area contributed by atoms with E-state index in [1.165, 1.54) is 0 Å². The van der Waals surface area contributed by atoms with Crippen molar-refractivity contribution in [1.82, 2.24) is 14.5 Å². The zero-order valence-electron chi connectivity index (χ0n) is 53.0. The molecule has 0 spiro atoms. The molecular weight excluding hydrogens is 1010 g/mol. The SMILES string of the molecule is [2H]c1nc(-c2[c-]c(-c3cccc4c3nc(-c3cc(C([2H])(C)C)cc(C([2H])(C)C)c3O)n4-c3cc(-c4ccccc4)c(C([2H])([2H])[2H])cc3-c3ccc(C(C)(C)C)cc3)cc(C(C)(C)C)c2)c([2H])c(-c2c([2H])c([2H])c([2H])c([2H])c2[2H])c1[2H].[Pt]. The van der Waals surface area contributed by atoms with Crippen LogP contribution >= 0.6 is 0 Å². The average molecular weight is 1090 g/mol. The molecule has 68 heavy (non-hydrogen) atoms. The number of fused-ring (bicyclic) bond motifs is 1. The van der Waals surface area contributed by atoms with Gasteiger partial charge in [0.05, 0.1) is 33.3 Å². The monoisotopic (exact) mass is 1080 g/mol. The van der Waals surface area contributed by atoms with Gasteiger partial charge in [-0.05, 0) is 110 Å². The summed E-state index contributed by atoms with van der Waals surface area (Å²) in [5.74, 6) is -2.58. The first-order valence-corrected chi connectivity index (χ1v) is 22.5. The Hall–Kier alpha value is -6.35. The first-order valence-electron chi connectivity index (χ1n) is 29.0. The van der Waals surface area contributed by atoms with E-state index >= 15 is 0 Å². The van der Waals surface area contributed by atoms with Crippen molar-refractivity contribution in [2.75, 3.05) is 0 Å². The van der Waals surface area contributed by atoms with Crippen LogP contribution < -0.4 is 0 Å². The van der Waals surface area contributed by atoms with E-state index in [4.69, 9.17) is 18.7 Å². The van der Waals surface area contributed by atoms with Crippen LogP contribution in [0, 0.1) is 12.9 Å². The molecule has 0 aliphatic heterocycles. The largest absolute Gasteiger partial charge is 0.507 e. The van der Waals surface area contributed by atoms with Crippen LogP contribution in [0.15, 0.2) is 158 Å². The maximum Gasteiger partial charge on any atom is 0.148 e. The first-order chi connectivity index (χ1) is 37.1.